The van der Waals surface area contributed by atoms with E-state index in [0.717, 1.165) is 11.3 Å². The fourth-order valence-corrected chi connectivity index (χ4v) is 5.19. The zero-order chi connectivity index (χ0) is 18.1. The number of sulfone groups is 1. The monoisotopic (exact) mass is 375 g/mol. The van der Waals surface area contributed by atoms with E-state index < -0.39 is 9.84 Å². The molecule has 26 heavy (non-hydrogen) atoms. The predicted molar refractivity (Wildman–Crippen MR) is 96.7 cm³/mol. The Labute approximate surface area is 152 Å². The molecule has 4 rings (SSSR count). The number of rotatable bonds is 3. The number of carbonyl (C=O) groups excluding carboxylic acids is 1. The predicted octanol–water partition coefficient (Wildman–Crippen LogP) is 1.38. The van der Waals surface area contributed by atoms with Crippen LogP contribution < -0.4 is 0 Å². The summed E-state index contributed by atoms with van der Waals surface area (Å²) >= 11 is 0. The molecule has 3 heterocycles. The van der Waals surface area contributed by atoms with Gasteiger partial charge in [0, 0.05) is 13.1 Å². The minimum absolute atomic E-state index is 0.0691. The largest absolute Gasteiger partial charge is 0.378 e. The number of ether oxygens (including phenoxy) is 1. The molecule has 0 spiro atoms. The molecule has 1 aromatic carbocycles. The first-order chi connectivity index (χ1) is 12.5. The molecule has 2 aliphatic rings. The molecule has 8 heteroatoms. The highest BCUT2D eigenvalue weighted by Gasteiger charge is 2.32. The number of carbonyl (C=O) groups is 1. The molecule has 0 saturated carbocycles. The first-order valence-corrected chi connectivity index (χ1v) is 10.6. The standard InChI is InChI=1S/C18H21N3O4S/c22-18(20-7-9-25-10-8-20)16-12-17(14-4-2-1-3-5-14)21(19-16)15-6-11-26(23,24)13-15/h1-5,12,15H,6-11,13H2/t15-/m1/s1. The zero-order valence-corrected chi connectivity index (χ0v) is 15.2. The summed E-state index contributed by atoms with van der Waals surface area (Å²) in [5.74, 6) is 0.100. The van der Waals surface area contributed by atoms with E-state index in [4.69, 9.17) is 4.74 Å². The van der Waals surface area contributed by atoms with Crippen LogP contribution >= 0.6 is 0 Å². The summed E-state index contributed by atoms with van der Waals surface area (Å²) in [6.07, 6.45) is 0.523. The summed E-state index contributed by atoms with van der Waals surface area (Å²) in [5, 5.41) is 4.53. The minimum Gasteiger partial charge on any atom is -0.378 e. The van der Waals surface area contributed by atoms with E-state index in [1.165, 1.54) is 0 Å². The molecule has 0 radical (unpaired) electrons. The molecule has 2 saturated heterocycles. The number of hydrogen-bond acceptors (Lipinski definition) is 5. The molecule has 2 aromatic rings. The van der Waals surface area contributed by atoms with Crippen LogP contribution in [0, 0.1) is 0 Å². The van der Waals surface area contributed by atoms with Gasteiger partial charge in [0.25, 0.3) is 5.91 Å². The third kappa shape index (κ3) is 3.39. The molecule has 0 aliphatic carbocycles. The molecular weight excluding hydrogens is 354 g/mol. The van der Waals surface area contributed by atoms with Crippen LogP contribution in [0.15, 0.2) is 36.4 Å². The maximum Gasteiger partial charge on any atom is 0.274 e. The van der Waals surface area contributed by atoms with Crippen LogP contribution in [0.3, 0.4) is 0 Å². The Bertz CT molecular complexity index is 902. The highest BCUT2D eigenvalue weighted by Crippen LogP contribution is 2.30. The number of morpholine rings is 1. The number of amides is 1. The van der Waals surface area contributed by atoms with Crippen LogP contribution in [-0.4, -0.2) is 66.8 Å². The van der Waals surface area contributed by atoms with Gasteiger partial charge in [-0.25, -0.2) is 8.42 Å². The number of benzene rings is 1. The molecule has 138 valence electrons. The topological polar surface area (TPSA) is 81.5 Å². The molecule has 1 atom stereocenters. The Morgan fingerprint density at radius 2 is 1.88 bits per heavy atom. The Balaban J connectivity index is 1.72. The van der Waals surface area contributed by atoms with E-state index in [0.29, 0.717) is 38.4 Å². The summed E-state index contributed by atoms with van der Waals surface area (Å²) in [6, 6.07) is 11.2. The average Bonchev–Trinajstić information content (AvgIpc) is 3.26. The lowest BCUT2D eigenvalue weighted by molar-refractivity contribution is 0.0298. The fraction of sp³-hybridized carbons (Fsp3) is 0.444. The van der Waals surface area contributed by atoms with Crippen molar-refractivity contribution in [3.8, 4) is 11.3 Å². The van der Waals surface area contributed by atoms with E-state index in [1.54, 1.807) is 15.6 Å². The Kier molecular flexibility index (Phi) is 4.54. The van der Waals surface area contributed by atoms with E-state index in [9.17, 15) is 13.2 Å². The second kappa shape index (κ2) is 6.85. The van der Waals surface area contributed by atoms with Gasteiger partial charge in [0.2, 0.25) is 0 Å². The van der Waals surface area contributed by atoms with Crippen molar-refractivity contribution in [2.45, 2.75) is 12.5 Å². The SMILES string of the molecule is O=C(c1cc(-c2ccccc2)n([C@@H]2CCS(=O)(=O)C2)n1)N1CCOCC1. The molecule has 7 nitrogen and oxygen atoms in total. The van der Waals surface area contributed by atoms with Crippen LogP contribution in [-0.2, 0) is 14.6 Å². The Hall–Kier alpha value is -2.19. The van der Waals surface area contributed by atoms with Gasteiger partial charge in [0.15, 0.2) is 15.5 Å². The summed E-state index contributed by atoms with van der Waals surface area (Å²) in [7, 11) is -3.05. The molecule has 1 amide bonds. The fourth-order valence-electron chi connectivity index (χ4n) is 3.50. The second-order valence-electron chi connectivity index (χ2n) is 6.69. The van der Waals surface area contributed by atoms with Crippen molar-refractivity contribution in [1.82, 2.24) is 14.7 Å². The smallest absolute Gasteiger partial charge is 0.274 e. The van der Waals surface area contributed by atoms with E-state index in [2.05, 4.69) is 5.10 Å². The zero-order valence-electron chi connectivity index (χ0n) is 14.4. The van der Waals surface area contributed by atoms with Gasteiger partial charge >= 0.3 is 0 Å². The Morgan fingerprint density at radius 1 is 1.15 bits per heavy atom. The summed E-state index contributed by atoms with van der Waals surface area (Å²) in [4.78, 5) is 14.5. The van der Waals surface area contributed by atoms with Gasteiger partial charge in [-0.05, 0) is 18.1 Å². The lowest BCUT2D eigenvalue weighted by Gasteiger charge is -2.25. The minimum atomic E-state index is -3.05. The maximum absolute atomic E-state index is 12.8. The molecule has 2 fully saturated rings. The normalized spacial score (nSPS) is 22.5. The Morgan fingerprint density at radius 3 is 2.54 bits per heavy atom. The van der Waals surface area contributed by atoms with Crippen molar-refractivity contribution in [2.24, 2.45) is 0 Å². The lowest BCUT2D eigenvalue weighted by atomic mass is 10.1. The lowest BCUT2D eigenvalue weighted by Crippen LogP contribution is -2.40. The van der Waals surface area contributed by atoms with Crippen molar-refractivity contribution in [2.75, 3.05) is 37.8 Å². The molecular formula is C18H21N3O4S. The van der Waals surface area contributed by atoms with Crippen LogP contribution in [0.4, 0.5) is 0 Å². The van der Waals surface area contributed by atoms with Crippen LogP contribution in [0.5, 0.6) is 0 Å². The molecule has 0 bridgehead atoms. The summed E-state index contributed by atoms with van der Waals surface area (Å²) in [6.45, 7) is 2.14. The van der Waals surface area contributed by atoms with E-state index >= 15 is 0 Å². The summed E-state index contributed by atoms with van der Waals surface area (Å²) in [5.41, 5.74) is 2.06. The molecule has 1 aromatic heterocycles. The highest BCUT2D eigenvalue weighted by molar-refractivity contribution is 7.91. The van der Waals surface area contributed by atoms with E-state index in [-0.39, 0.29) is 23.5 Å². The first kappa shape index (κ1) is 17.2. The highest BCUT2D eigenvalue weighted by atomic mass is 32.2. The van der Waals surface area contributed by atoms with Gasteiger partial charge in [-0.3, -0.25) is 9.48 Å². The maximum atomic E-state index is 12.8. The number of nitrogens with zero attached hydrogens (tertiary/aromatic N) is 3. The molecule has 2 aliphatic heterocycles. The number of aromatic nitrogens is 2. The molecule has 0 unspecified atom stereocenters. The second-order valence-corrected chi connectivity index (χ2v) is 8.92. The number of hydrogen-bond donors (Lipinski definition) is 0. The van der Waals surface area contributed by atoms with Gasteiger partial charge in [-0.15, -0.1) is 0 Å². The van der Waals surface area contributed by atoms with Gasteiger partial charge < -0.3 is 9.64 Å². The third-order valence-electron chi connectivity index (χ3n) is 4.88. The third-order valence-corrected chi connectivity index (χ3v) is 6.63. The quantitative estimate of drug-likeness (QED) is 0.810. The van der Waals surface area contributed by atoms with Gasteiger partial charge in [0.1, 0.15) is 0 Å². The van der Waals surface area contributed by atoms with Gasteiger partial charge in [0.05, 0.1) is 36.5 Å². The van der Waals surface area contributed by atoms with Gasteiger partial charge in [-0.2, -0.15) is 5.10 Å². The average molecular weight is 375 g/mol. The van der Waals surface area contributed by atoms with Crippen LogP contribution in [0.1, 0.15) is 23.0 Å². The summed E-state index contributed by atoms with van der Waals surface area (Å²) < 4.78 is 30.9. The van der Waals surface area contributed by atoms with Crippen molar-refractivity contribution >= 4 is 15.7 Å². The van der Waals surface area contributed by atoms with Crippen LogP contribution in [0.25, 0.3) is 11.3 Å². The van der Waals surface area contributed by atoms with Crippen molar-refractivity contribution in [3.05, 3.63) is 42.1 Å². The van der Waals surface area contributed by atoms with E-state index in [1.807, 2.05) is 30.3 Å². The molecule has 0 N–H and O–H groups in total. The van der Waals surface area contributed by atoms with Crippen LogP contribution in [0.2, 0.25) is 0 Å². The van der Waals surface area contributed by atoms with Crippen molar-refractivity contribution in [1.29, 1.82) is 0 Å². The van der Waals surface area contributed by atoms with Gasteiger partial charge in [-0.1, -0.05) is 30.3 Å². The van der Waals surface area contributed by atoms with Crippen molar-refractivity contribution in [3.63, 3.8) is 0 Å². The first-order valence-electron chi connectivity index (χ1n) is 8.76. The van der Waals surface area contributed by atoms with Crippen molar-refractivity contribution < 1.29 is 17.9 Å².